The number of hydrogen-bond acceptors (Lipinski definition) is 3. The lowest BCUT2D eigenvalue weighted by Crippen LogP contribution is -2.56. The Morgan fingerprint density at radius 3 is 2.26 bits per heavy atom. The molecule has 1 spiro atoms. The Labute approximate surface area is 118 Å². The first-order chi connectivity index (χ1) is 9.06. The molecule has 110 valence electrons. The largest absolute Gasteiger partial charge is 0.317 e. The van der Waals surface area contributed by atoms with Crippen LogP contribution in [0, 0.1) is 11.3 Å². The van der Waals surface area contributed by atoms with Crippen LogP contribution in [0.2, 0.25) is 0 Å². The summed E-state index contributed by atoms with van der Waals surface area (Å²) in [6.07, 6.45) is 8.54. The first kappa shape index (κ1) is 13.8. The summed E-state index contributed by atoms with van der Waals surface area (Å²) < 4.78 is 0. The second kappa shape index (κ2) is 5.01. The van der Waals surface area contributed by atoms with Gasteiger partial charge in [-0.2, -0.15) is 0 Å². The van der Waals surface area contributed by atoms with Gasteiger partial charge in [0.2, 0.25) is 0 Å². The second-order valence-corrected chi connectivity index (χ2v) is 7.68. The van der Waals surface area contributed by atoms with Gasteiger partial charge in [-0.15, -0.1) is 0 Å². The van der Waals surface area contributed by atoms with Gasteiger partial charge in [0.05, 0.1) is 0 Å². The van der Waals surface area contributed by atoms with Crippen molar-refractivity contribution in [1.82, 2.24) is 15.1 Å². The van der Waals surface area contributed by atoms with E-state index in [9.17, 15) is 0 Å². The van der Waals surface area contributed by atoms with Crippen molar-refractivity contribution in [1.29, 1.82) is 0 Å². The maximum Gasteiger partial charge on any atom is 0.0330 e. The van der Waals surface area contributed by atoms with E-state index in [2.05, 4.69) is 36.3 Å². The smallest absolute Gasteiger partial charge is 0.0330 e. The molecule has 2 saturated carbocycles. The van der Waals surface area contributed by atoms with Crippen LogP contribution in [-0.2, 0) is 0 Å². The van der Waals surface area contributed by atoms with Crippen molar-refractivity contribution in [2.75, 3.05) is 47.3 Å². The van der Waals surface area contributed by atoms with Gasteiger partial charge in [0.25, 0.3) is 0 Å². The van der Waals surface area contributed by atoms with Gasteiger partial charge in [-0.1, -0.05) is 0 Å². The summed E-state index contributed by atoms with van der Waals surface area (Å²) in [4.78, 5) is 5.10. The van der Waals surface area contributed by atoms with E-state index in [1.165, 1.54) is 64.7 Å². The fourth-order valence-electron chi connectivity index (χ4n) is 4.50. The first-order valence-electron chi connectivity index (χ1n) is 8.13. The number of likely N-dealkylation sites (N-methyl/N-ethyl adjacent to an activating group) is 2. The Bertz CT molecular complexity index is 316. The molecule has 2 aliphatic carbocycles. The molecule has 0 bridgehead atoms. The standard InChI is InChI=1S/C16H31N3/c1-18(2)16(5-4-6-16)13-19(3)12-14-11-15(14)7-9-17-10-8-15/h14,17H,4-13H2,1-3H3. The number of hydrogen-bond donors (Lipinski definition) is 1. The first-order valence-corrected chi connectivity index (χ1v) is 8.13. The third-order valence-electron chi connectivity index (χ3n) is 6.29. The fourth-order valence-corrected chi connectivity index (χ4v) is 4.50. The highest BCUT2D eigenvalue weighted by Crippen LogP contribution is 2.58. The van der Waals surface area contributed by atoms with Crippen molar-refractivity contribution in [2.45, 2.75) is 44.1 Å². The van der Waals surface area contributed by atoms with Crippen LogP contribution < -0.4 is 5.32 Å². The van der Waals surface area contributed by atoms with Gasteiger partial charge in [0.15, 0.2) is 0 Å². The summed E-state index contributed by atoms with van der Waals surface area (Å²) in [5.41, 5.74) is 1.23. The molecular formula is C16H31N3. The number of nitrogens with one attached hydrogen (secondary N) is 1. The molecule has 1 saturated heterocycles. The van der Waals surface area contributed by atoms with E-state index in [1.807, 2.05) is 0 Å². The topological polar surface area (TPSA) is 18.5 Å². The van der Waals surface area contributed by atoms with Crippen molar-refractivity contribution >= 4 is 0 Å². The van der Waals surface area contributed by atoms with E-state index in [4.69, 9.17) is 0 Å². The van der Waals surface area contributed by atoms with Gasteiger partial charge in [0.1, 0.15) is 0 Å². The van der Waals surface area contributed by atoms with Crippen LogP contribution in [0.4, 0.5) is 0 Å². The third kappa shape index (κ3) is 2.57. The summed E-state index contributed by atoms with van der Waals surface area (Å²) in [6.45, 7) is 5.10. The van der Waals surface area contributed by atoms with Crippen LogP contribution in [0.1, 0.15) is 38.5 Å². The van der Waals surface area contributed by atoms with Crippen molar-refractivity contribution in [3.63, 3.8) is 0 Å². The number of rotatable bonds is 5. The van der Waals surface area contributed by atoms with E-state index in [1.54, 1.807) is 0 Å². The SMILES string of the molecule is CN(CC1CC12CCNCC2)CC1(N(C)C)CCC1. The van der Waals surface area contributed by atoms with E-state index < -0.39 is 0 Å². The summed E-state index contributed by atoms with van der Waals surface area (Å²) in [5, 5.41) is 3.51. The molecule has 1 aliphatic heterocycles. The molecule has 0 aromatic rings. The molecule has 19 heavy (non-hydrogen) atoms. The Morgan fingerprint density at radius 1 is 1.05 bits per heavy atom. The molecule has 3 nitrogen and oxygen atoms in total. The molecule has 1 heterocycles. The van der Waals surface area contributed by atoms with Crippen LogP contribution >= 0.6 is 0 Å². The van der Waals surface area contributed by atoms with Crippen molar-refractivity contribution in [3.05, 3.63) is 0 Å². The van der Waals surface area contributed by atoms with Gasteiger partial charge >= 0.3 is 0 Å². The van der Waals surface area contributed by atoms with Gasteiger partial charge in [0, 0.05) is 18.6 Å². The zero-order valence-corrected chi connectivity index (χ0v) is 13.0. The molecule has 1 N–H and O–H groups in total. The maximum absolute atomic E-state index is 3.51. The third-order valence-corrected chi connectivity index (χ3v) is 6.29. The number of piperidine rings is 1. The quantitative estimate of drug-likeness (QED) is 0.818. The summed E-state index contributed by atoms with van der Waals surface area (Å²) in [5.74, 6) is 0.985. The second-order valence-electron chi connectivity index (χ2n) is 7.68. The molecule has 0 amide bonds. The lowest BCUT2D eigenvalue weighted by Gasteiger charge is -2.49. The van der Waals surface area contributed by atoms with Crippen LogP contribution in [0.25, 0.3) is 0 Å². The fraction of sp³-hybridized carbons (Fsp3) is 1.00. The van der Waals surface area contributed by atoms with Crippen molar-refractivity contribution < 1.29 is 0 Å². The van der Waals surface area contributed by atoms with E-state index >= 15 is 0 Å². The molecule has 1 unspecified atom stereocenters. The highest BCUT2D eigenvalue weighted by Gasteiger charge is 2.54. The van der Waals surface area contributed by atoms with Gasteiger partial charge in [-0.05, 0) is 84.1 Å². The van der Waals surface area contributed by atoms with Crippen LogP contribution in [0.3, 0.4) is 0 Å². The summed E-state index contributed by atoms with van der Waals surface area (Å²) in [6, 6.07) is 0. The van der Waals surface area contributed by atoms with Crippen molar-refractivity contribution in [3.8, 4) is 0 Å². The molecular weight excluding hydrogens is 234 g/mol. The molecule has 0 aromatic carbocycles. The van der Waals surface area contributed by atoms with Gasteiger partial charge in [-0.3, -0.25) is 0 Å². The van der Waals surface area contributed by atoms with E-state index in [-0.39, 0.29) is 0 Å². The van der Waals surface area contributed by atoms with E-state index in [0.717, 1.165) is 11.3 Å². The van der Waals surface area contributed by atoms with Crippen LogP contribution in [0.5, 0.6) is 0 Å². The molecule has 3 aliphatic rings. The molecule has 3 rings (SSSR count). The zero-order valence-electron chi connectivity index (χ0n) is 13.0. The average molecular weight is 265 g/mol. The van der Waals surface area contributed by atoms with Crippen molar-refractivity contribution in [2.24, 2.45) is 11.3 Å². The Kier molecular flexibility index (Phi) is 3.65. The lowest BCUT2D eigenvalue weighted by molar-refractivity contribution is 0.0255. The highest BCUT2D eigenvalue weighted by atomic mass is 15.2. The Balaban J connectivity index is 1.48. The summed E-state index contributed by atoms with van der Waals surface area (Å²) in [7, 11) is 6.87. The molecule has 0 radical (unpaired) electrons. The minimum Gasteiger partial charge on any atom is -0.317 e. The Morgan fingerprint density at radius 2 is 1.74 bits per heavy atom. The van der Waals surface area contributed by atoms with Gasteiger partial charge in [-0.25, -0.2) is 0 Å². The molecule has 3 fully saturated rings. The monoisotopic (exact) mass is 265 g/mol. The predicted octanol–water partition coefficient (Wildman–Crippen LogP) is 1.79. The maximum atomic E-state index is 3.51. The molecule has 3 heteroatoms. The minimum absolute atomic E-state index is 0.491. The van der Waals surface area contributed by atoms with E-state index in [0.29, 0.717) is 5.54 Å². The normalized spacial score (nSPS) is 31.7. The lowest BCUT2D eigenvalue weighted by atomic mass is 9.75. The molecule has 0 aromatic heterocycles. The highest BCUT2D eigenvalue weighted by molar-refractivity contribution is 5.06. The summed E-state index contributed by atoms with van der Waals surface area (Å²) >= 11 is 0. The van der Waals surface area contributed by atoms with Crippen LogP contribution in [-0.4, -0.2) is 62.7 Å². The minimum atomic E-state index is 0.491. The van der Waals surface area contributed by atoms with Crippen LogP contribution in [0.15, 0.2) is 0 Å². The van der Waals surface area contributed by atoms with Gasteiger partial charge < -0.3 is 15.1 Å². The Hall–Kier alpha value is -0.120. The zero-order chi connectivity index (χ0) is 13.5. The predicted molar refractivity (Wildman–Crippen MR) is 80.4 cm³/mol. The average Bonchev–Trinajstić information content (AvgIpc) is 2.96. The number of nitrogens with zero attached hydrogens (tertiary/aromatic N) is 2. The molecule has 1 atom stereocenters.